The van der Waals surface area contributed by atoms with Gasteiger partial charge in [0.05, 0.1) is 4.90 Å². The molecule has 1 aromatic carbocycles. The highest BCUT2D eigenvalue weighted by molar-refractivity contribution is 7.89. The van der Waals surface area contributed by atoms with Crippen molar-refractivity contribution in [1.29, 1.82) is 0 Å². The van der Waals surface area contributed by atoms with Gasteiger partial charge in [-0.1, -0.05) is 38.0 Å². The average molecular weight is 285 g/mol. The van der Waals surface area contributed by atoms with E-state index in [1.165, 1.54) is 6.07 Å². The Hall–Kier alpha value is -1.40. The minimum absolute atomic E-state index is 0.123. The molecule has 0 aliphatic carbocycles. The largest absolute Gasteiger partial charge is 0.480 e. The summed E-state index contributed by atoms with van der Waals surface area (Å²) in [5, 5.41) is 9.05. The molecule has 0 heterocycles. The molecule has 106 valence electrons. The quantitative estimate of drug-likeness (QED) is 0.801. The first-order valence-corrected chi connectivity index (χ1v) is 7.67. The Morgan fingerprint density at radius 1 is 1.37 bits per heavy atom. The number of benzene rings is 1. The molecule has 0 spiro atoms. The van der Waals surface area contributed by atoms with Crippen molar-refractivity contribution in [3.63, 3.8) is 0 Å². The SMILES string of the molecule is CCCC[C@H](NS(=O)(=O)c1ccccc1C)C(=O)O. The molecule has 0 aromatic heterocycles. The molecule has 6 heteroatoms. The van der Waals surface area contributed by atoms with E-state index in [0.29, 0.717) is 12.0 Å². The van der Waals surface area contributed by atoms with Crippen LogP contribution in [0, 0.1) is 6.92 Å². The van der Waals surface area contributed by atoms with Crippen LogP contribution < -0.4 is 4.72 Å². The monoisotopic (exact) mass is 285 g/mol. The molecular formula is C13H19NO4S. The first-order valence-electron chi connectivity index (χ1n) is 6.19. The van der Waals surface area contributed by atoms with Gasteiger partial charge in [0.25, 0.3) is 0 Å². The lowest BCUT2D eigenvalue weighted by Crippen LogP contribution is -2.40. The lowest BCUT2D eigenvalue weighted by Gasteiger charge is -2.15. The summed E-state index contributed by atoms with van der Waals surface area (Å²) in [6, 6.07) is 5.42. The van der Waals surface area contributed by atoms with Crippen LogP contribution in [0.2, 0.25) is 0 Å². The summed E-state index contributed by atoms with van der Waals surface area (Å²) in [5.41, 5.74) is 0.592. The van der Waals surface area contributed by atoms with Crippen LogP contribution in [0.5, 0.6) is 0 Å². The van der Waals surface area contributed by atoms with Gasteiger partial charge in [0.2, 0.25) is 10.0 Å². The predicted octanol–water partition coefficient (Wildman–Crippen LogP) is 1.92. The van der Waals surface area contributed by atoms with Gasteiger partial charge in [-0.25, -0.2) is 8.42 Å². The number of sulfonamides is 1. The van der Waals surface area contributed by atoms with E-state index in [4.69, 9.17) is 5.11 Å². The Kier molecular flexibility index (Phi) is 5.50. The van der Waals surface area contributed by atoms with Crippen molar-refractivity contribution < 1.29 is 18.3 Å². The van der Waals surface area contributed by atoms with Crippen LogP contribution >= 0.6 is 0 Å². The zero-order valence-corrected chi connectivity index (χ0v) is 11.9. The van der Waals surface area contributed by atoms with Crippen molar-refractivity contribution in [1.82, 2.24) is 4.72 Å². The molecule has 0 saturated heterocycles. The summed E-state index contributed by atoms with van der Waals surface area (Å²) >= 11 is 0. The Balaban J connectivity index is 2.95. The van der Waals surface area contributed by atoms with Crippen molar-refractivity contribution in [2.75, 3.05) is 0 Å². The van der Waals surface area contributed by atoms with Gasteiger partial charge in [0.1, 0.15) is 6.04 Å². The number of hydrogen-bond donors (Lipinski definition) is 2. The minimum atomic E-state index is -3.80. The van der Waals surface area contributed by atoms with E-state index in [-0.39, 0.29) is 11.3 Å². The molecule has 1 rings (SSSR count). The predicted molar refractivity (Wildman–Crippen MR) is 72.4 cm³/mol. The highest BCUT2D eigenvalue weighted by Gasteiger charge is 2.25. The van der Waals surface area contributed by atoms with E-state index in [9.17, 15) is 13.2 Å². The van der Waals surface area contributed by atoms with Gasteiger partial charge in [-0.15, -0.1) is 0 Å². The smallest absolute Gasteiger partial charge is 0.321 e. The zero-order chi connectivity index (χ0) is 14.5. The van der Waals surface area contributed by atoms with Crippen molar-refractivity contribution in [2.45, 2.75) is 44.0 Å². The second-order valence-corrected chi connectivity index (χ2v) is 6.10. The normalized spacial score (nSPS) is 13.2. The number of hydrogen-bond acceptors (Lipinski definition) is 3. The summed E-state index contributed by atoms with van der Waals surface area (Å²) < 4.78 is 26.6. The van der Waals surface area contributed by atoms with Crippen molar-refractivity contribution in [3.8, 4) is 0 Å². The van der Waals surface area contributed by atoms with Crippen LogP contribution in [0.3, 0.4) is 0 Å². The molecule has 0 radical (unpaired) electrons. The van der Waals surface area contributed by atoms with Crippen LogP contribution in [0.1, 0.15) is 31.7 Å². The first kappa shape index (κ1) is 15.7. The van der Waals surface area contributed by atoms with E-state index < -0.39 is 22.0 Å². The van der Waals surface area contributed by atoms with E-state index >= 15 is 0 Å². The fourth-order valence-electron chi connectivity index (χ4n) is 1.75. The molecule has 1 aromatic rings. The summed E-state index contributed by atoms with van der Waals surface area (Å²) in [7, 11) is -3.80. The maximum Gasteiger partial charge on any atom is 0.321 e. The van der Waals surface area contributed by atoms with Gasteiger partial charge in [-0.2, -0.15) is 4.72 Å². The van der Waals surface area contributed by atoms with Gasteiger partial charge in [0, 0.05) is 0 Å². The first-order chi connectivity index (χ1) is 8.88. The van der Waals surface area contributed by atoms with Crippen LogP contribution in [0.25, 0.3) is 0 Å². The number of carboxylic acid groups (broad SMARTS) is 1. The Morgan fingerprint density at radius 3 is 2.53 bits per heavy atom. The minimum Gasteiger partial charge on any atom is -0.480 e. The van der Waals surface area contributed by atoms with Gasteiger partial charge in [0.15, 0.2) is 0 Å². The molecular weight excluding hydrogens is 266 g/mol. The van der Waals surface area contributed by atoms with Crippen molar-refractivity contribution in [3.05, 3.63) is 29.8 Å². The number of nitrogens with one attached hydrogen (secondary N) is 1. The molecule has 0 aliphatic heterocycles. The second kappa shape index (κ2) is 6.68. The Bertz CT molecular complexity index is 539. The molecule has 0 aliphatic rings. The molecule has 0 bridgehead atoms. The standard InChI is InChI=1S/C13H19NO4S/c1-3-4-8-11(13(15)16)14-19(17,18)12-9-6-5-7-10(12)2/h5-7,9,11,14H,3-4,8H2,1-2H3,(H,15,16)/t11-/m0/s1. The third kappa shape index (κ3) is 4.33. The molecule has 2 N–H and O–H groups in total. The summed E-state index contributed by atoms with van der Waals surface area (Å²) in [5.74, 6) is -1.15. The highest BCUT2D eigenvalue weighted by atomic mass is 32.2. The topological polar surface area (TPSA) is 83.5 Å². The lowest BCUT2D eigenvalue weighted by molar-refractivity contribution is -0.139. The molecule has 0 unspecified atom stereocenters. The molecule has 1 atom stereocenters. The maximum atomic E-state index is 12.2. The lowest BCUT2D eigenvalue weighted by atomic mass is 10.1. The number of aliphatic carboxylic acids is 1. The van der Waals surface area contributed by atoms with Crippen molar-refractivity contribution in [2.24, 2.45) is 0 Å². The molecule has 0 fully saturated rings. The fourth-order valence-corrected chi connectivity index (χ4v) is 3.22. The number of unbranched alkanes of at least 4 members (excludes halogenated alkanes) is 1. The highest BCUT2D eigenvalue weighted by Crippen LogP contribution is 2.15. The van der Waals surface area contributed by atoms with E-state index in [1.807, 2.05) is 6.92 Å². The average Bonchev–Trinajstić information content (AvgIpc) is 2.34. The fraction of sp³-hybridized carbons (Fsp3) is 0.462. The van der Waals surface area contributed by atoms with Crippen molar-refractivity contribution >= 4 is 16.0 Å². The Labute approximate surface area is 113 Å². The molecule has 19 heavy (non-hydrogen) atoms. The third-order valence-corrected chi connectivity index (χ3v) is 4.46. The van der Waals surface area contributed by atoms with Crippen LogP contribution in [0.4, 0.5) is 0 Å². The van der Waals surface area contributed by atoms with Gasteiger partial charge >= 0.3 is 5.97 Å². The Morgan fingerprint density at radius 2 is 2.00 bits per heavy atom. The van der Waals surface area contributed by atoms with E-state index in [0.717, 1.165) is 6.42 Å². The van der Waals surface area contributed by atoms with Gasteiger partial charge in [-0.05, 0) is 25.0 Å². The van der Waals surface area contributed by atoms with Crippen LogP contribution in [-0.2, 0) is 14.8 Å². The maximum absolute atomic E-state index is 12.2. The molecule has 0 amide bonds. The van der Waals surface area contributed by atoms with E-state index in [2.05, 4.69) is 4.72 Å². The van der Waals surface area contributed by atoms with Gasteiger partial charge in [-0.3, -0.25) is 4.79 Å². The molecule has 0 saturated carbocycles. The third-order valence-electron chi connectivity index (χ3n) is 2.82. The number of carbonyl (C=O) groups is 1. The second-order valence-electron chi connectivity index (χ2n) is 4.42. The van der Waals surface area contributed by atoms with Crippen LogP contribution in [-0.4, -0.2) is 25.5 Å². The zero-order valence-electron chi connectivity index (χ0n) is 11.1. The number of carboxylic acids is 1. The summed E-state index contributed by atoms with van der Waals surface area (Å²) in [4.78, 5) is 11.2. The van der Waals surface area contributed by atoms with Gasteiger partial charge < -0.3 is 5.11 Å². The number of aryl methyl sites for hydroxylation is 1. The van der Waals surface area contributed by atoms with E-state index in [1.54, 1.807) is 25.1 Å². The van der Waals surface area contributed by atoms with Crippen LogP contribution in [0.15, 0.2) is 29.2 Å². The molecule has 5 nitrogen and oxygen atoms in total. The summed E-state index contributed by atoms with van der Waals surface area (Å²) in [6.45, 7) is 3.60. The summed E-state index contributed by atoms with van der Waals surface area (Å²) in [6.07, 6.45) is 1.76. The number of rotatable bonds is 7.